The SMILES string of the molecule is C[n+]1cn(C(C)(C)C)nn1. The van der Waals surface area contributed by atoms with Crippen LogP contribution in [0.5, 0.6) is 0 Å². The molecule has 56 valence electrons. The number of aryl methyl sites for hydroxylation is 1. The molecule has 0 aliphatic rings. The second-order valence-electron chi connectivity index (χ2n) is 3.38. The minimum Gasteiger partial charge on any atom is -0.143 e. The van der Waals surface area contributed by atoms with Crippen LogP contribution in [0.15, 0.2) is 6.33 Å². The van der Waals surface area contributed by atoms with Gasteiger partial charge in [-0.2, -0.15) is 0 Å². The van der Waals surface area contributed by atoms with E-state index in [1.807, 2.05) is 18.1 Å². The Morgan fingerprint density at radius 2 is 2.00 bits per heavy atom. The monoisotopic (exact) mass is 141 g/mol. The fourth-order valence-electron chi connectivity index (χ4n) is 0.618. The second-order valence-corrected chi connectivity index (χ2v) is 3.38. The molecule has 0 saturated heterocycles. The fraction of sp³-hybridized carbons (Fsp3) is 0.833. The maximum Gasteiger partial charge on any atom is 0.244 e. The minimum atomic E-state index is 0.0360. The highest BCUT2D eigenvalue weighted by Gasteiger charge is 2.21. The highest BCUT2D eigenvalue weighted by Crippen LogP contribution is 2.08. The van der Waals surface area contributed by atoms with Gasteiger partial charge in [-0.25, -0.2) is 0 Å². The van der Waals surface area contributed by atoms with Crippen LogP contribution in [0.3, 0.4) is 0 Å². The third-order valence-corrected chi connectivity index (χ3v) is 1.24. The molecule has 1 rings (SSSR count). The molecule has 0 aliphatic carbocycles. The first-order chi connectivity index (χ1) is 4.50. The number of tetrazole rings is 1. The van der Waals surface area contributed by atoms with Crippen LogP contribution in [0.25, 0.3) is 0 Å². The summed E-state index contributed by atoms with van der Waals surface area (Å²) in [7, 11) is 1.86. The van der Waals surface area contributed by atoms with Crippen LogP contribution in [0.2, 0.25) is 0 Å². The van der Waals surface area contributed by atoms with Gasteiger partial charge in [0.25, 0.3) is 0 Å². The van der Waals surface area contributed by atoms with E-state index in [4.69, 9.17) is 0 Å². The predicted molar refractivity (Wildman–Crippen MR) is 36.2 cm³/mol. The van der Waals surface area contributed by atoms with Crippen molar-refractivity contribution in [3.8, 4) is 0 Å². The van der Waals surface area contributed by atoms with Crippen molar-refractivity contribution in [3.63, 3.8) is 0 Å². The molecule has 0 aromatic carbocycles. The van der Waals surface area contributed by atoms with E-state index >= 15 is 0 Å². The van der Waals surface area contributed by atoms with E-state index in [1.54, 1.807) is 4.68 Å². The maximum absolute atomic E-state index is 3.92. The van der Waals surface area contributed by atoms with Gasteiger partial charge in [0.1, 0.15) is 10.8 Å². The number of aromatic nitrogens is 4. The molecule has 0 radical (unpaired) electrons. The summed E-state index contributed by atoms with van der Waals surface area (Å²) in [5.74, 6) is 0. The zero-order valence-electron chi connectivity index (χ0n) is 6.87. The average molecular weight is 141 g/mol. The number of hydrogen-bond acceptors (Lipinski definition) is 2. The van der Waals surface area contributed by atoms with Crippen molar-refractivity contribution in [3.05, 3.63) is 6.33 Å². The van der Waals surface area contributed by atoms with Gasteiger partial charge in [0.15, 0.2) is 5.21 Å². The van der Waals surface area contributed by atoms with Gasteiger partial charge >= 0.3 is 0 Å². The molecular formula is C6H13N4+. The van der Waals surface area contributed by atoms with Crippen molar-refractivity contribution < 1.29 is 4.68 Å². The molecule has 0 amide bonds. The predicted octanol–water partition coefficient (Wildman–Crippen LogP) is -0.142. The summed E-state index contributed by atoms with van der Waals surface area (Å²) in [4.78, 5) is 0. The lowest BCUT2D eigenvalue weighted by Crippen LogP contribution is -2.30. The van der Waals surface area contributed by atoms with Gasteiger partial charge in [-0.3, -0.25) is 0 Å². The fourth-order valence-corrected chi connectivity index (χ4v) is 0.618. The first-order valence-corrected chi connectivity index (χ1v) is 3.29. The van der Waals surface area contributed by atoms with E-state index in [0.29, 0.717) is 0 Å². The third kappa shape index (κ3) is 1.32. The number of nitrogens with zero attached hydrogens (tertiary/aromatic N) is 4. The van der Waals surface area contributed by atoms with E-state index in [2.05, 4.69) is 31.2 Å². The lowest BCUT2D eigenvalue weighted by Gasteiger charge is -2.08. The molecule has 0 unspecified atom stereocenters. The molecule has 0 aliphatic heterocycles. The van der Waals surface area contributed by atoms with Gasteiger partial charge in [0.2, 0.25) is 6.33 Å². The number of hydrogen-bond donors (Lipinski definition) is 0. The topological polar surface area (TPSA) is 34.6 Å². The van der Waals surface area contributed by atoms with Crippen molar-refractivity contribution in [1.82, 2.24) is 15.1 Å². The largest absolute Gasteiger partial charge is 0.244 e. The summed E-state index contributed by atoms with van der Waals surface area (Å²) < 4.78 is 3.51. The normalized spacial score (nSPS) is 12.0. The van der Waals surface area contributed by atoms with E-state index in [-0.39, 0.29) is 5.54 Å². The lowest BCUT2D eigenvalue weighted by molar-refractivity contribution is -0.732. The molecule has 1 aromatic rings. The smallest absolute Gasteiger partial charge is 0.143 e. The molecule has 0 N–H and O–H groups in total. The van der Waals surface area contributed by atoms with Crippen LogP contribution >= 0.6 is 0 Å². The summed E-state index contributed by atoms with van der Waals surface area (Å²) in [6, 6.07) is 0. The molecule has 10 heavy (non-hydrogen) atoms. The van der Waals surface area contributed by atoms with E-state index in [0.717, 1.165) is 0 Å². The van der Waals surface area contributed by atoms with Crippen molar-refractivity contribution in [1.29, 1.82) is 0 Å². The van der Waals surface area contributed by atoms with Gasteiger partial charge in [0, 0.05) is 0 Å². The second kappa shape index (κ2) is 2.04. The molecule has 0 atom stereocenters. The van der Waals surface area contributed by atoms with Crippen LogP contribution < -0.4 is 4.68 Å². The summed E-state index contributed by atoms with van der Waals surface area (Å²) in [6.45, 7) is 6.26. The molecule has 4 nitrogen and oxygen atoms in total. The van der Waals surface area contributed by atoms with Gasteiger partial charge in [-0.1, -0.05) is 4.68 Å². The molecule has 0 fully saturated rings. The Kier molecular flexibility index (Phi) is 1.46. The van der Waals surface area contributed by atoms with E-state index < -0.39 is 0 Å². The first kappa shape index (κ1) is 7.18. The first-order valence-electron chi connectivity index (χ1n) is 3.29. The quantitative estimate of drug-likeness (QED) is 0.471. The highest BCUT2D eigenvalue weighted by atomic mass is 15.6. The Balaban J connectivity index is 2.96. The molecule has 1 heterocycles. The maximum atomic E-state index is 3.92. The van der Waals surface area contributed by atoms with Crippen molar-refractivity contribution in [2.75, 3.05) is 0 Å². The molecular weight excluding hydrogens is 128 g/mol. The Hall–Kier alpha value is -0.930. The Labute approximate surface area is 60.4 Å². The Morgan fingerprint density at radius 1 is 1.40 bits per heavy atom. The van der Waals surface area contributed by atoms with Gasteiger partial charge in [-0.05, 0) is 20.8 Å². The molecule has 1 aromatic heterocycles. The molecule has 4 heteroatoms. The van der Waals surface area contributed by atoms with Crippen LogP contribution in [0.4, 0.5) is 0 Å². The molecule has 0 spiro atoms. The van der Waals surface area contributed by atoms with Crippen LogP contribution in [-0.4, -0.2) is 15.1 Å². The summed E-state index contributed by atoms with van der Waals surface area (Å²) in [5, 5.41) is 7.73. The standard InChI is InChI=1S/C6H13N4/c1-6(2,3)10-5-9(4)7-8-10/h5H,1-4H3/q+1. The van der Waals surface area contributed by atoms with Crippen molar-refractivity contribution in [2.45, 2.75) is 26.3 Å². The lowest BCUT2D eigenvalue weighted by atomic mass is 10.1. The zero-order chi connectivity index (χ0) is 7.78. The van der Waals surface area contributed by atoms with Crippen molar-refractivity contribution >= 4 is 0 Å². The summed E-state index contributed by atoms with van der Waals surface area (Å²) >= 11 is 0. The Morgan fingerprint density at radius 3 is 2.20 bits per heavy atom. The summed E-state index contributed by atoms with van der Waals surface area (Å²) in [6.07, 6.45) is 1.86. The van der Waals surface area contributed by atoms with Gasteiger partial charge in [-0.15, -0.1) is 4.68 Å². The third-order valence-electron chi connectivity index (χ3n) is 1.24. The van der Waals surface area contributed by atoms with E-state index in [1.165, 1.54) is 0 Å². The highest BCUT2D eigenvalue weighted by molar-refractivity contribution is 4.65. The average Bonchev–Trinajstić information content (AvgIpc) is 2.11. The minimum absolute atomic E-state index is 0.0360. The van der Waals surface area contributed by atoms with Crippen LogP contribution in [0, 0.1) is 0 Å². The number of rotatable bonds is 0. The Bertz CT molecular complexity index is 220. The van der Waals surface area contributed by atoms with Crippen LogP contribution in [-0.2, 0) is 12.6 Å². The molecule has 0 saturated carbocycles. The van der Waals surface area contributed by atoms with Crippen LogP contribution in [0.1, 0.15) is 20.8 Å². The van der Waals surface area contributed by atoms with E-state index in [9.17, 15) is 0 Å². The van der Waals surface area contributed by atoms with Crippen molar-refractivity contribution in [2.24, 2.45) is 7.05 Å². The molecule has 0 bridgehead atoms. The zero-order valence-corrected chi connectivity index (χ0v) is 6.87. The van der Waals surface area contributed by atoms with Gasteiger partial charge < -0.3 is 0 Å². The van der Waals surface area contributed by atoms with Gasteiger partial charge in [0.05, 0.1) is 7.05 Å². The summed E-state index contributed by atoms with van der Waals surface area (Å²) in [5.41, 5.74) is 0.0360.